The minimum absolute atomic E-state index is 0.183. The first-order chi connectivity index (χ1) is 8.20. The summed E-state index contributed by atoms with van der Waals surface area (Å²) in [5, 5.41) is 0. The Bertz CT molecular complexity index is 613. The van der Waals surface area contributed by atoms with Gasteiger partial charge in [-0.1, -0.05) is 18.2 Å². The molecule has 1 atom stereocenters. The molecule has 0 saturated heterocycles. The lowest BCUT2D eigenvalue weighted by molar-refractivity contribution is 0.605. The van der Waals surface area contributed by atoms with Crippen LogP contribution < -0.4 is 4.52 Å². The molecule has 0 bridgehead atoms. The van der Waals surface area contributed by atoms with Gasteiger partial charge in [0.15, 0.2) is 0 Å². The smallest absolute Gasteiger partial charge is 0.424 e. The Kier molecular flexibility index (Phi) is 3.48. The van der Waals surface area contributed by atoms with E-state index in [4.69, 9.17) is 4.52 Å². The molecule has 1 aromatic rings. The molecule has 1 aliphatic heterocycles. The van der Waals surface area contributed by atoms with Crippen LogP contribution in [0.15, 0.2) is 43.9 Å². The zero-order chi connectivity index (χ0) is 13.4. The Morgan fingerprint density at radius 3 is 2.00 bits per heavy atom. The van der Waals surface area contributed by atoms with Gasteiger partial charge in [0.25, 0.3) is 7.43 Å². The highest BCUT2D eigenvalue weighted by molar-refractivity contribution is 7.79. The largest absolute Gasteiger partial charge is 0.441 e. The quantitative estimate of drug-likeness (QED) is 0.452. The van der Waals surface area contributed by atoms with Crippen LogP contribution in [0, 0.1) is 0 Å². The van der Waals surface area contributed by atoms with Gasteiger partial charge in [-0.3, -0.25) is 0 Å². The average Bonchev–Trinajstić information content (AvgIpc) is 2.11. The standard InChI is InChI=1S/C7H8F4N3OP3/c1-16(15-7-5-3-2-4-6-7)12-17(8,9)14-18(10,11)13-16/h2-6H,1H3. The zero-order valence-electron chi connectivity index (χ0n) is 8.99. The topological polar surface area (TPSA) is 46.3 Å². The Hall–Kier alpha value is -0.570. The maximum absolute atomic E-state index is 13.1. The summed E-state index contributed by atoms with van der Waals surface area (Å²) in [6.07, 6.45) is 0. The second-order valence-electron chi connectivity index (χ2n) is 3.42. The second-order valence-corrected chi connectivity index (χ2v) is 9.24. The van der Waals surface area contributed by atoms with E-state index in [9.17, 15) is 16.8 Å². The summed E-state index contributed by atoms with van der Waals surface area (Å²) in [6, 6.07) is 7.80. The maximum atomic E-state index is 13.1. The van der Waals surface area contributed by atoms with Crippen LogP contribution in [0.3, 0.4) is 0 Å². The number of hydrogen-bond donors (Lipinski definition) is 0. The van der Waals surface area contributed by atoms with Crippen LogP contribution in [0.2, 0.25) is 0 Å². The first kappa shape index (κ1) is 13.9. The van der Waals surface area contributed by atoms with Crippen molar-refractivity contribution in [3.63, 3.8) is 0 Å². The summed E-state index contributed by atoms with van der Waals surface area (Å²) in [4.78, 5) is 0. The predicted molar refractivity (Wildman–Crippen MR) is 65.5 cm³/mol. The second kappa shape index (κ2) is 4.52. The summed E-state index contributed by atoms with van der Waals surface area (Å²) in [5.41, 5.74) is 0. The molecule has 1 aliphatic rings. The molecule has 1 heterocycles. The van der Waals surface area contributed by atoms with Gasteiger partial charge < -0.3 is 4.52 Å². The van der Waals surface area contributed by atoms with Gasteiger partial charge in [-0.05, 0) is 12.1 Å². The van der Waals surface area contributed by atoms with E-state index in [1.807, 2.05) is 0 Å². The lowest BCUT2D eigenvalue weighted by atomic mass is 10.3. The van der Waals surface area contributed by atoms with Gasteiger partial charge in [-0.2, -0.15) is 0 Å². The molecule has 0 spiro atoms. The van der Waals surface area contributed by atoms with Crippen molar-refractivity contribution >= 4 is 23.1 Å². The number of hydrogen-bond acceptors (Lipinski definition) is 4. The number of benzene rings is 1. The molecular weight excluding hydrogens is 311 g/mol. The SMILES string of the molecule is CP1(Oc2ccccc2)=NP(F)(F)=NP(F)(F)=N1. The van der Waals surface area contributed by atoms with E-state index in [1.54, 1.807) is 18.2 Å². The van der Waals surface area contributed by atoms with Gasteiger partial charge in [-0.15, -0.1) is 30.3 Å². The van der Waals surface area contributed by atoms with Crippen LogP contribution in [-0.2, 0) is 0 Å². The van der Waals surface area contributed by atoms with Crippen LogP contribution in [0.5, 0.6) is 5.75 Å². The summed E-state index contributed by atoms with van der Waals surface area (Å²) >= 11 is 0. The summed E-state index contributed by atoms with van der Waals surface area (Å²) in [6.45, 7) is 1.08. The molecule has 1 aromatic carbocycles. The molecule has 0 fully saturated rings. The Morgan fingerprint density at radius 2 is 1.44 bits per heavy atom. The molecule has 0 N–H and O–H groups in total. The van der Waals surface area contributed by atoms with E-state index in [-0.39, 0.29) is 5.75 Å². The molecule has 100 valence electrons. The first-order valence-corrected chi connectivity index (χ1v) is 9.63. The van der Waals surface area contributed by atoms with Gasteiger partial charge in [0.1, 0.15) is 5.75 Å². The van der Waals surface area contributed by atoms with Gasteiger partial charge in [0.05, 0.1) is 0 Å². The van der Waals surface area contributed by atoms with Crippen molar-refractivity contribution in [1.82, 2.24) is 0 Å². The van der Waals surface area contributed by atoms with Crippen molar-refractivity contribution in [2.45, 2.75) is 0 Å². The van der Waals surface area contributed by atoms with E-state index < -0.39 is 23.1 Å². The molecule has 0 amide bonds. The van der Waals surface area contributed by atoms with Crippen LogP contribution in [-0.4, -0.2) is 6.66 Å². The zero-order valence-corrected chi connectivity index (χ0v) is 11.7. The fraction of sp³-hybridized carbons (Fsp3) is 0.143. The fourth-order valence-electron chi connectivity index (χ4n) is 1.30. The third kappa shape index (κ3) is 3.47. The normalized spacial score (nSPS) is 28.5. The fourth-order valence-corrected chi connectivity index (χ4v) is 7.74. The van der Waals surface area contributed by atoms with Crippen molar-refractivity contribution in [2.75, 3.05) is 6.66 Å². The van der Waals surface area contributed by atoms with E-state index in [0.29, 0.717) is 0 Å². The van der Waals surface area contributed by atoms with Crippen LogP contribution in [0.25, 0.3) is 0 Å². The molecule has 18 heavy (non-hydrogen) atoms. The summed E-state index contributed by atoms with van der Waals surface area (Å²) < 4.78 is 65.8. The van der Waals surface area contributed by atoms with Crippen LogP contribution in [0.4, 0.5) is 16.8 Å². The highest BCUT2D eigenvalue weighted by atomic mass is 31.3. The van der Waals surface area contributed by atoms with Crippen molar-refractivity contribution < 1.29 is 21.3 Å². The lowest BCUT2D eigenvalue weighted by Crippen LogP contribution is -1.90. The van der Waals surface area contributed by atoms with Gasteiger partial charge in [0.2, 0.25) is 0 Å². The van der Waals surface area contributed by atoms with Gasteiger partial charge >= 0.3 is 15.7 Å². The number of rotatable bonds is 2. The van der Waals surface area contributed by atoms with Crippen molar-refractivity contribution in [2.24, 2.45) is 13.5 Å². The molecule has 0 aromatic heterocycles. The molecule has 2 rings (SSSR count). The summed E-state index contributed by atoms with van der Waals surface area (Å²) in [5.74, 6) is 0.183. The minimum atomic E-state index is -5.34. The molecular formula is C7H8F4N3OP3. The highest BCUT2D eigenvalue weighted by Crippen LogP contribution is 2.80. The predicted octanol–water partition coefficient (Wildman–Crippen LogP) is 6.51. The van der Waals surface area contributed by atoms with Crippen molar-refractivity contribution in [3.8, 4) is 5.75 Å². The molecule has 0 aliphatic carbocycles. The van der Waals surface area contributed by atoms with Gasteiger partial charge in [0, 0.05) is 6.66 Å². The molecule has 11 heteroatoms. The van der Waals surface area contributed by atoms with E-state index in [2.05, 4.69) is 13.5 Å². The van der Waals surface area contributed by atoms with E-state index >= 15 is 0 Å². The Balaban J connectivity index is 2.47. The number of halogens is 4. The number of nitrogens with zero attached hydrogens (tertiary/aromatic N) is 3. The van der Waals surface area contributed by atoms with Gasteiger partial charge in [-0.25, -0.2) is 0 Å². The first-order valence-electron chi connectivity index (χ1n) is 4.62. The van der Waals surface area contributed by atoms with Crippen molar-refractivity contribution in [3.05, 3.63) is 30.3 Å². The van der Waals surface area contributed by atoms with Crippen LogP contribution >= 0.6 is 23.1 Å². The summed E-state index contributed by atoms with van der Waals surface area (Å²) in [7, 11) is -14.2. The van der Waals surface area contributed by atoms with E-state index in [1.165, 1.54) is 12.1 Å². The van der Waals surface area contributed by atoms with Crippen LogP contribution in [0.1, 0.15) is 0 Å². The number of para-hydroxylation sites is 1. The Labute approximate surface area is 101 Å². The minimum Gasteiger partial charge on any atom is -0.441 e. The molecule has 0 radical (unpaired) electrons. The molecule has 4 nitrogen and oxygen atoms in total. The Morgan fingerprint density at radius 1 is 0.889 bits per heavy atom. The highest BCUT2D eigenvalue weighted by Gasteiger charge is 2.37. The third-order valence-electron chi connectivity index (χ3n) is 1.78. The third-order valence-corrected chi connectivity index (χ3v) is 8.44. The lowest BCUT2D eigenvalue weighted by Gasteiger charge is -2.20. The molecule has 0 saturated carbocycles. The maximum Gasteiger partial charge on any atom is 0.424 e. The van der Waals surface area contributed by atoms with Crippen molar-refractivity contribution in [1.29, 1.82) is 0 Å². The monoisotopic (exact) mass is 319 g/mol. The average molecular weight is 319 g/mol. The van der Waals surface area contributed by atoms with E-state index in [0.717, 1.165) is 6.66 Å². The molecule has 1 unspecified atom stereocenters.